The van der Waals surface area contributed by atoms with Crippen LogP contribution in [-0.2, 0) is 17.3 Å². The molecule has 0 spiro atoms. The number of carbonyl (C=O) groups is 1. The summed E-state index contributed by atoms with van der Waals surface area (Å²) in [5.41, 5.74) is 2.24. The largest absolute Gasteiger partial charge is 0.507 e. The van der Waals surface area contributed by atoms with Gasteiger partial charge in [0.2, 0.25) is 0 Å². The van der Waals surface area contributed by atoms with E-state index in [1.807, 2.05) is 53.7 Å². The lowest BCUT2D eigenvalue weighted by molar-refractivity contribution is 0.0982. The Bertz CT molecular complexity index is 840. The van der Waals surface area contributed by atoms with E-state index in [2.05, 4.69) is 0 Å². The standard InChI is InChI=1S/C23H30O5/c1-22(2,3)15-9-13(10-16(20(15)27)23(4,5)6)7-8-17(24)14-11-18(25)21(28)19(26)12-14/h9-12,25-28H,7-8H2,1-6H3. The Morgan fingerprint density at radius 1 is 0.750 bits per heavy atom. The molecule has 5 heteroatoms. The van der Waals surface area contributed by atoms with Crippen molar-refractivity contribution in [3.63, 3.8) is 0 Å². The van der Waals surface area contributed by atoms with Crippen molar-refractivity contribution in [1.82, 2.24) is 0 Å². The van der Waals surface area contributed by atoms with Gasteiger partial charge in [0.05, 0.1) is 0 Å². The first-order valence-corrected chi connectivity index (χ1v) is 9.37. The lowest BCUT2D eigenvalue weighted by atomic mass is 9.78. The number of phenols is 4. The lowest BCUT2D eigenvalue weighted by Crippen LogP contribution is -2.18. The summed E-state index contributed by atoms with van der Waals surface area (Å²) in [4.78, 5) is 12.5. The number of phenolic OH excluding ortho intramolecular Hbond substituents is 4. The minimum Gasteiger partial charge on any atom is -0.507 e. The van der Waals surface area contributed by atoms with E-state index in [4.69, 9.17) is 0 Å². The van der Waals surface area contributed by atoms with Gasteiger partial charge in [0.25, 0.3) is 0 Å². The molecule has 0 amide bonds. The van der Waals surface area contributed by atoms with Gasteiger partial charge in [-0.3, -0.25) is 4.79 Å². The highest BCUT2D eigenvalue weighted by Crippen LogP contribution is 2.40. The SMILES string of the molecule is CC(C)(C)c1cc(CCC(=O)c2cc(O)c(O)c(O)c2)cc(C(C)(C)C)c1O. The van der Waals surface area contributed by atoms with Crippen LogP contribution in [0.5, 0.6) is 23.0 Å². The Labute approximate surface area is 166 Å². The van der Waals surface area contributed by atoms with Crippen molar-refractivity contribution in [2.24, 2.45) is 0 Å². The summed E-state index contributed by atoms with van der Waals surface area (Å²) in [6, 6.07) is 6.16. The van der Waals surface area contributed by atoms with Gasteiger partial charge in [-0.25, -0.2) is 0 Å². The number of aromatic hydroxyl groups is 4. The molecule has 2 aromatic rings. The van der Waals surface area contributed by atoms with Crippen molar-refractivity contribution in [2.45, 2.75) is 65.2 Å². The van der Waals surface area contributed by atoms with Crippen molar-refractivity contribution >= 4 is 5.78 Å². The fourth-order valence-electron chi connectivity index (χ4n) is 3.15. The van der Waals surface area contributed by atoms with Crippen LogP contribution in [0.1, 0.15) is 75.0 Å². The van der Waals surface area contributed by atoms with E-state index in [1.165, 1.54) is 0 Å². The molecular formula is C23H30O5. The molecule has 2 rings (SSSR count). The van der Waals surface area contributed by atoms with E-state index >= 15 is 0 Å². The number of ketones is 1. The zero-order valence-corrected chi connectivity index (χ0v) is 17.4. The zero-order valence-electron chi connectivity index (χ0n) is 17.4. The zero-order chi connectivity index (χ0) is 21.4. The molecule has 0 aromatic heterocycles. The first-order chi connectivity index (χ1) is 12.7. The van der Waals surface area contributed by atoms with Crippen LogP contribution in [0.25, 0.3) is 0 Å². The Morgan fingerprint density at radius 2 is 1.18 bits per heavy atom. The summed E-state index contributed by atoms with van der Waals surface area (Å²) in [5.74, 6) is -1.66. The van der Waals surface area contributed by atoms with Crippen molar-refractivity contribution in [2.75, 3.05) is 0 Å². The summed E-state index contributed by atoms with van der Waals surface area (Å²) < 4.78 is 0. The molecule has 0 atom stereocenters. The minimum atomic E-state index is -0.639. The molecular weight excluding hydrogens is 356 g/mol. The van der Waals surface area contributed by atoms with Gasteiger partial charge >= 0.3 is 0 Å². The molecule has 4 N–H and O–H groups in total. The van der Waals surface area contributed by atoms with E-state index in [9.17, 15) is 25.2 Å². The first kappa shape index (κ1) is 21.6. The van der Waals surface area contributed by atoms with Crippen LogP contribution >= 0.6 is 0 Å². The Morgan fingerprint density at radius 3 is 1.57 bits per heavy atom. The van der Waals surface area contributed by atoms with Crippen LogP contribution in [0.15, 0.2) is 24.3 Å². The third-order valence-electron chi connectivity index (χ3n) is 4.82. The number of hydrogen-bond donors (Lipinski definition) is 4. The number of carbonyl (C=O) groups excluding carboxylic acids is 1. The molecule has 28 heavy (non-hydrogen) atoms. The Hall–Kier alpha value is -2.69. The molecule has 0 aliphatic heterocycles. The van der Waals surface area contributed by atoms with Crippen LogP contribution in [-0.4, -0.2) is 26.2 Å². The Balaban J connectivity index is 2.35. The molecule has 0 unspecified atom stereocenters. The number of rotatable bonds is 4. The van der Waals surface area contributed by atoms with Crippen molar-refractivity contribution < 1.29 is 25.2 Å². The summed E-state index contributed by atoms with van der Waals surface area (Å²) in [7, 11) is 0. The highest BCUT2D eigenvalue weighted by Gasteiger charge is 2.26. The van der Waals surface area contributed by atoms with Crippen molar-refractivity contribution in [3.05, 3.63) is 46.5 Å². The summed E-state index contributed by atoms with van der Waals surface area (Å²) >= 11 is 0. The molecule has 0 aliphatic carbocycles. The van der Waals surface area contributed by atoms with Crippen molar-refractivity contribution in [3.8, 4) is 23.0 Å². The topological polar surface area (TPSA) is 98.0 Å². The second kappa shape index (κ2) is 7.38. The number of benzene rings is 2. The molecule has 0 radical (unpaired) electrons. The van der Waals surface area contributed by atoms with Crippen LogP contribution in [0, 0.1) is 0 Å². The monoisotopic (exact) mass is 386 g/mol. The second-order valence-corrected chi connectivity index (χ2v) is 9.33. The van der Waals surface area contributed by atoms with Crippen LogP contribution in [0.4, 0.5) is 0 Å². The quantitative estimate of drug-likeness (QED) is 0.442. The lowest BCUT2D eigenvalue weighted by Gasteiger charge is -2.28. The van der Waals surface area contributed by atoms with E-state index in [0.29, 0.717) is 12.2 Å². The van der Waals surface area contributed by atoms with Crippen LogP contribution < -0.4 is 0 Å². The van der Waals surface area contributed by atoms with E-state index in [0.717, 1.165) is 28.8 Å². The maximum atomic E-state index is 12.5. The number of hydrogen-bond acceptors (Lipinski definition) is 5. The molecule has 0 aliphatic rings. The molecule has 152 valence electrons. The highest BCUT2D eigenvalue weighted by molar-refractivity contribution is 5.97. The fraction of sp³-hybridized carbons (Fsp3) is 0.435. The van der Waals surface area contributed by atoms with Gasteiger partial charge in [-0.2, -0.15) is 0 Å². The Kier molecular flexibility index (Phi) is 5.69. The first-order valence-electron chi connectivity index (χ1n) is 9.37. The maximum absolute atomic E-state index is 12.5. The smallest absolute Gasteiger partial charge is 0.200 e. The minimum absolute atomic E-state index is 0.138. The van der Waals surface area contributed by atoms with E-state index in [1.54, 1.807) is 0 Å². The molecule has 0 bridgehead atoms. The third kappa shape index (κ3) is 4.58. The normalized spacial score (nSPS) is 12.2. The average Bonchev–Trinajstić information content (AvgIpc) is 2.55. The van der Waals surface area contributed by atoms with Crippen LogP contribution in [0.2, 0.25) is 0 Å². The molecule has 2 aromatic carbocycles. The average molecular weight is 386 g/mol. The fourth-order valence-corrected chi connectivity index (χ4v) is 3.15. The van der Waals surface area contributed by atoms with Crippen LogP contribution in [0.3, 0.4) is 0 Å². The molecule has 5 nitrogen and oxygen atoms in total. The van der Waals surface area contributed by atoms with Gasteiger partial charge in [-0.05, 0) is 46.1 Å². The molecule has 0 saturated heterocycles. The predicted octanol–water partition coefficient (Wildman–Crippen LogP) is 4.92. The third-order valence-corrected chi connectivity index (χ3v) is 4.82. The van der Waals surface area contributed by atoms with Gasteiger partial charge in [-0.1, -0.05) is 53.7 Å². The maximum Gasteiger partial charge on any atom is 0.200 e. The predicted molar refractivity (Wildman–Crippen MR) is 110 cm³/mol. The second-order valence-electron chi connectivity index (χ2n) is 9.33. The summed E-state index contributed by atoms with van der Waals surface area (Å²) in [6.07, 6.45) is 0.620. The van der Waals surface area contributed by atoms with Gasteiger partial charge in [-0.15, -0.1) is 0 Å². The number of aryl methyl sites for hydroxylation is 1. The van der Waals surface area contributed by atoms with Crippen molar-refractivity contribution in [1.29, 1.82) is 0 Å². The summed E-state index contributed by atoms with van der Waals surface area (Å²) in [6.45, 7) is 12.2. The molecule has 0 fully saturated rings. The highest BCUT2D eigenvalue weighted by atomic mass is 16.3. The summed E-state index contributed by atoms with van der Waals surface area (Å²) in [5, 5.41) is 39.4. The van der Waals surface area contributed by atoms with E-state index < -0.39 is 17.2 Å². The molecule has 0 saturated carbocycles. The molecule has 0 heterocycles. The number of Topliss-reactive ketones (excluding diaryl/α,β-unsaturated/α-hetero) is 1. The van der Waals surface area contributed by atoms with E-state index in [-0.39, 0.29) is 28.6 Å². The van der Waals surface area contributed by atoms with Gasteiger partial charge in [0.15, 0.2) is 23.0 Å². The van der Waals surface area contributed by atoms with Gasteiger partial charge in [0, 0.05) is 12.0 Å². The van der Waals surface area contributed by atoms with Gasteiger partial charge in [0.1, 0.15) is 5.75 Å². The van der Waals surface area contributed by atoms with Gasteiger partial charge < -0.3 is 20.4 Å².